The highest BCUT2D eigenvalue weighted by Crippen LogP contribution is 2.39. The summed E-state index contributed by atoms with van der Waals surface area (Å²) in [4.78, 5) is 19.1. The summed E-state index contributed by atoms with van der Waals surface area (Å²) in [6, 6.07) is 6.17. The molecule has 0 radical (unpaired) electrons. The van der Waals surface area contributed by atoms with E-state index in [1.165, 1.54) is 30.6 Å². The summed E-state index contributed by atoms with van der Waals surface area (Å²) in [5, 5.41) is 7.65. The van der Waals surface area contributed by atoms with Crippen molar-refractivity contribution in [3.8, 4) is 16.3 Å². The number of carboxylic acid groups (broad SMARTS) is 1. The van der Waals surface area contributed by atoms with Crippen molar-refractivity contribution < 1.29 is 23.4 Å². The van der Waals surface area contributed by atoms with Gasteiger partial charge in [-0.3, -0.25) is 9.69 Å². The molecule has 1 aliphatic rings. The SMILES string of the molecule is CCC.CCCC1CC(C(C)(C)C)CN(Cc2cnc(-c3cc(CCCC(CC)N(C)C)ccc3OC(F)F)s2)C1.O=CO. The van der Waals surface area contributed by atoms with Gasteiger partial charge in [0.15, 0.2) is 0 Å². The van der Waals surface area contributed by atoms with Gasteiger partial charge in [-0.2, -0.15) is 8.78 Å². The summed E-state index contributed by atoms with van der Waals surface area (Å²) < 4.78 is 31.4. The Kier molecular flexibility index (Phi) is 18.9. The average molecular weight is 640 g/mol. The van der Waals surface area contributed by atoms with Crippen LogP contribution >= 0.6 is 11.3 Å². The van der Waals surface area contributed by atoms with E-state index in [9.17, 15) is 8.78 Å². The molecule has 1 N–H and O–H groups in total. The van der Waals surface area contributed by atoms with E-state index in [0.29, 0.717) is 17.5 Å². The molecule has 0 bridgehead atoms. The smallest absolute Gasteiger partial charge is 0.387 e. The molecule has 3 atom stereocenters. The summed E-state index contributed by atoms with van der Waals surface area (Å²) in [6.07, 6.45) is 11.2. The molecule has 44 heavy (non-hydrogen) atoms. The third-order valence-corrected chi connectivity index (χ3v) is 9.18. The van der Waals surface area contributed by atoms with E-state index in [1.54, 1.807) is 17.4 Å². The highest BCUT2D eigenvalue weighted by molar-refractivity contribution is 7.15. The van der Waals surface area contributed by atoms with Gasteiger partial charge < -0.3 is 14.7 Å². The zero-order valence-corrected chi connectivity index (χ0v) is 29.6. The van der Waals surface area contributed by atoms with E-state index >= 15 is 0 Å². The number of rotatable bonds is 13. The molecule has 1 aromatic heterocycles. The first-order valence-electron chi connectivity index (χ1n) is 16.3. The normalized spacial score (nSPS) is 17.8. The molecule has 9 heteroatoms. The van der Waals surface area contributed by atoms with Crippen molar-refractivity contribution in [1.29, 1.82) is 0 Å². The number of carbonyl (C=O) groups is 1. The Bertz CT molecular complexity index is 1060. The number of aryl methyl sites for hydroxylation is 1. The van der Waals surface area contributed by atoms with Crippen LogP contribution in [0.2, 0.25) is 0 Å². The lowest BCUT2D eigenvalue weighted by Crippen LogP contribution is -2.44. The summed E-state index contributed by atoms with van der Waals surface area (Å²) in [7, 11) is 4.25. The molecular formula is C35H59F2N3O3S. The number of benzene rings is 1. The van der Waals surface area contributed by atoms with Gasteiger partial charge in [-0.25, -0.2) is 4.98 Å². The van der Waals surface area contributed by atoms with Crippen LogP contribution in [0.4, 0.5) is 8.78 Å². The third kappa shape index (κ3) is 14.3. The quantitative estimate of drug-likeness (QED) is 0.220. The average Bonchev–Trinajstić information content (AvgIpc) is 3.40. The minimum Gasteiger partial charge on any atom is -0.483 e. The number of hydrogen-bond acceptors (Lipinski definition) is 6. The van der Waals surface area contributed by atoms with Gasteiger partial charge >= 0.3 is 6.61 Å². The molecule has 0 saturated carbocycles. The van der Waals surface area contributed by atoms with E-state index in [4.69, 9.17) is 14.6 Å². The zero-order chi connectivity index (χ0) is 33.3. The van der Waals surface area contributed by atoms with Crippen LogP contribution in [0.1, 0.15) is 104 Å². The van der Waals surface area contributed by atoms with E-state index < -0.39 is 6.61 Å². The molecule has 6 nitrogen and oxygen atoms in total. The lowest BCUT2D eigenvalue weighted by atomic mass is 9.72. The Morgan fingerprint density at radius 2 is 1.84 bits per heavy atom. The number of aromatic nitrogens is 1. The Hall–Kier alpha value is -2.10. The van der Waals surface area contributed by atoms with Gasteiger partial charge in [0.1, 0.15) is 10.8 Å². The number of thiazole rings is 1. The van der Waals surface area contributed by atoms with Crippen LogP contribution in [0, 0.1) is 17.3 Å². The maximum atomic E-state index is 13.2. The van der Waals surface area contributed by atoms with E-state index in [-0.39, 0.29) is 17.6 Å². The van der Waals surface area contributed by atoms with Crippen LogP contribution in [0.5, 0.6) is 5.75 Å². The van der Waals surface area contributed by atoms with Crippen molar-refractivity contribution in [2.45, 2.75) is 119 Å². The second kappa shape index (κ2) is 20.8. The van der Waals surface area contributed by atoms with E-state index in [0.717, 1.165) is 61.8 Å². The Balaban J connectivity index is 0.00000149. The molecule has 1 fully saturated rings. The number of hydrogen-bond donors (Lipinski definition) is 1. The fraction of sp³-hybridized carbons (Fsp3) is 0.714. The van der Waals surface area contributed by atoms with Gasteiger partial charge in [0, 0.05) is 36.8 Å². The van der Waals surface area contributed by atoms with Gasteiger partial charge in [0.2, 0.25) is 0 Å². The van der Waals surface area contributed by atoms with Crippen LogP contribution in [-0.2, 0) is 17.8 Å². The zero-order valence-electron chi connectivity index (χ0n) is 28.7. The fourth-order valence-electron chi connectivity index (χ4n) is 5.87. The van der Waals surface area contributed by atoms with Crippen molar-refractivity contribution in [2.24, 2.45) is 17.3 Å². The van der Waals surface area contributed by atoms with Crippen LogP contribution in [-0.4, -0.2) is 66.2 Å². The highest BCUT2D eigenvalue weighted by atomic mass is 32.1. The molecule has 252 valence electrons. The number of piperidine rings is 1. The predicted molar refractivity (Wildman–Crippen MR) is 181 cm³/mol. The standard InChI is InChI=1S/C31H49F2N3OS.C3H8.CH2O2/c1-8-11-23-16-24(31(3,4)5)20-36(19-23)21-26-18-34-29(38-26)27-17-22(14-15-28(27)37-30(32)33)12-10-13-25(9-2)35(6)7;1-3-2;2-1-3/h14-15,17-18,23-25,30H,8-13,16,19-21H2,1-7H3;3H2,1-2H3;1H,(H,2,3). The molecule has 2 aromatic rings. The largest absolute Gasteiger partial charge is 0.483 e. The van der Waals surface area contributed by atoms with Gasteiger partial charge in [0.05, 0.1) is 5.56 Å². The topological polar surface area (TPSA) is 65.9 Å². The molecule has 0 spiro atoms. The van der Waals surface area contributed by atoms with E-state index in [1.807, 2.05) is 18.3 Å². The third-order valence-electron chi connectivity index (χ3n) is 8.16. The first-order chi connectivity index (χ1) is 20.8. The lowest BCUT2D eigenvalue weighted by Gasteiger charge is -2.43. The van der Waals surface area contributed by atoms with Crippen molar-refractivity contribution in [3.63, 3.8) is 0 Å². The van der Waals surface area contributed by atoms with Crippen molar-refractivity contribution in [3.05, 3.63) is 34.8 Å². The molecular weight excluding hydrogens is 580 g/mol. The molecule has 3 unspecified atom stereocenters. The van der Waals surface area contributed by atoms with Crippen molar-refractivity contribution in [2.75, 3.05) is 27.2 Å². The van der Waals surface area contributed by atoms with Crippen LogP contribution in [0.3, 0.4) is 0 Å². The second-order valence-electron chi connectivity index (χ2n) is 13.2. The molecule has 1 saturated heterocycles. The number of ether oxygens (including phenoxy) is 1. The summed E-state index contributed by atoms with van der Waals surface area (Å²) in [6.45, 7) is 15.8. The maximum absolute atomic E-state index is 13.2. The minimum absolute atomic E-state index is 0.207. The highest BCUT2D eigenvalue weighted by Gasteiger charge is 2.34. The first-order valence-corrected chi connectivity index (χ1v) is 17.1. The summed E-state index contributed by atoms with van der Waals surface area (Å²) >= 11 is 1.60. The van der Waals surface area contributed by atoms with Crippen molar-refractivity contribution in [1.82, 2.24) is 14.8 Å². The first kappa shape index (κ1) is 39.9. The summed E-state index contributed by atoms with van der Waals surface area (Å²) in [5.41, 5.74) is 2.10. The lowest BCUT2D eigenvalue weighted by molar-refractivity contribution is -0.122. The number of likely N-dealkylation sites (tertiary alicyclic amines) is 1. The predicted octanol–water partition coefficient (Wildman–Crippen LogP) is 9.48. The van der Waals surface area contributed by atoms with Crippen molar-refractivity contribution >= 4 is 17.8 Å². The van der Waals surface area contributed by atoms with Crippen LogP contribution < -0.4 is 4.74 Å². The monoisotopic (exact) mass is 639 g/mol. The van der Waals surface area contributed by atoms with E-state index in [2.05, 4.69) is 77.3 Å². The van der Waals surface area contributed by atoms with Gasteiger partial charge in [-0.05, 0) is 87.6 Å². The molecule has 2 heterocycles. The fourth-order valence-corrected chi connectivity index (χ4v) is 6.85. The molecule has 1 aliphatic heterocycles. The van der Waals surface area contributed by atoms with Gasteiger partial charge in [-0.15, -0.1) is 11.3 Å². The number of nitrogens with zero attached hydrogens (tertiary/aromatic N) is 3. The maximum Gasteiger partial charge on any atom is 0.387 e. The number of alkyl halides is 2. The molecule has 3 rings (SSSR count). The Labute approximate surface area is 270 Å². The Morgan fingerprint density at radius 1 is 1.18 bits per heavy atom. The minimum atomic E-state index is -2.86. The van der Waals surface area contributed by atoms with Crippen LogP contribution in [0.15, 0.2) is 24.4 Å². The molecule has 1 aromatic carbocycles. The second-order valence-corrected chi connectivity index (χ2v) is 14.3. The number of halogens is 2. The van der Waals surface area contributed by atoms with Gasteiger partial charge in [-0.1, -0.05) is 67.4 Å². The Morgan fingerprint density at radius 3 is 2.39 bits per heavy atom. The molecule has 0 aliphatic carbocycles. The summed E-state index contributed by atoms with van der Waals surface area (Å²) in [5.74, 6) is 1.61. The van der Waals surface area contributed by atoms with Crippen LogP contribution in [0.25, 0.3) is 10.6 Å². The molecule has 0 amide bonds. The van der Waals surface area contributed by atoms with Gasteiger partial charge in [0.25, 0.3) is 6.47 Å².